The molecule has 2 N–H and O–H groups in total. The Morgan fingerprint density at radius 1 is 1.27 bits per heavy atom. The molecule has 0 aliphatic rings. The lowest BCUT2D eigenvalue weighted by atomic mass is 10.1. The van der Waals surface area contributed by atoms with E-state index in [9.17, 15) is 9.59 Å². The molecule has 0 aliphatic carbocycles. The lowest BCUT2D eigenvalue weighted by molar-refractivity contribution is -0.142. The number of carbonyl (C=O) groups excluding carboxylic acids is 1. The first-order valence-electron chi connectivity index (χ1n) is 5.52. The Morgan fingerprint density at radius 3 is 2.27 bits per heavy atom. The summed E-state index contributed by atoms with van der Waals surface area (Å²) in [6.07, 6.45) is 3.40. The van der Waals surface area contributed by atoms with Crippen LogP contribution in [0.15, 0.2) is 0 Å². The molecule has 0 bridgehead atoms. The highest BCUT2D eigenvalue weighted by molar-refractivity contribution is 5.84. The quantitative estimate of drug-likeness (QED) is 0.636. The van der Waals surface area contributed by atoms with E-state index >= 15 is 0 Å². The van der Waals surface area contributed by atoms with Gasteiger partial charge in [0.1, 0.15) is 6.04 Å². The van der Waals surface area contributed by atoms with Crippen LogP contribution in [0.3, 0.4) is 0 Å². The second-order valence-electron chi connectivity index (χ2n) is 4.05. The zero-order chi connectivity index (χ0) is 11.8. The van der Waals surface area contributed by atoms with E-state index in [1.165, 1.54) is 0 Å². The van der Waals surface area contributed by atoms with Crippen molar-refractivity contribution >= 4 is 11.9 Å². The highest BCUT2D eigenvalue weighted by Gasteiger charge is 2.20. The molecule has 1 amide bonds. The normalized spacial score (nSPS) is 12.5. The van der Waals surface area contributed by atoms with Gasteiger partial charge in [-0.15, -0.1) is 0 Å². The van der Waals surface area contributed by atoms with Crippen molar-refractivity contribution in [1.82, 2.24) is 5.32 Å². The molecular formula is C11H21NO3. The van der Waals surface area contributed by atoms with Gasteiger partial charge in [0.2, 0.25) is 5.91 Å². The van der Waals surface area contributed by atoms with Gasteiger partial charge in [-0.25, -0.2) is 4.79 Å². The van der Waals surface area contributed by atoms with E-state index in [1.54, 1.807) is 13.8 Å². The van der Waals surface area contributed by atoms with Crippen LogP contribution < -0.4 is 5.32 Å². The van der Waals surface area contributed by atoms with Crippen LogP contribution in [0.25, 0.3) is 0 Å². The fraction of sp³-hybridized carbons (Fsp3) is 0.818. The lowest BCUT2D eigenvalue weighted by Crippen LogP contribution is -2.42. The molecule has 0 fully saturated rings. The van der Waals surface area contributed by atoms with Crippen LogP contribution in [0, 0.1) is 5.92 Å². The summed E-state index contributed by atoms with van der Waals surface area (Å²) in [5.74, 6) is -1.31. The predicted molar refractivity (Wildman–Crippen MR) is 58.5 cm³/mol. The van der Waals surface area contributed by atoms with Gasteiger partial charge in [0, 0.05) is 5.92 Å². The molecule has 4 nitrogen and oxygen atoms in total. The Labute approximate surface area is 91.1 Å². The summed E-state index contributed by atoms with van der Waals surface area (Å²) < 4.78 is 0. The van der Waals surface area contributed by atoms with Crippen LogP contribution in [0.5, 0.6) is 0 Å². The SMILES string of the molecule is CCCCCC(NC(=O)C(C)C)C(=O)O. The summed E-state index contributed by atoms with van der Waals surface area (Å²) in [5, 5.41) is 11.4. The second-order valence-corrected chi connectivity index (χ2v) is 4.05. The fourth-order valence-electron chi connectivity index (χ4n) is 1.19. The van der Waals surface area contributed by atoms with E-state index < -0.39 is 12.0 Å². The van der Waals surface area contributed by atoms with Crippen molar-refractivity contribution in [2.45, 2.75) is 52.5 Å². The number of amides is 1. The molecule has 0 aliphatic heterocycles. The smallest absolute Gasteiger partial charge is 0.326 e. The minimum absolute atomic E-state index is 0.168. The van der Waals surface area contributed by atoms with Crippen molar-refractivity contribution in [2.75, 3.05) is 0 Å². The standard InChI is InChI=1S/C11H21NO3/c1-4-5-6-7-9(11(14)15)12-10(13)8(2)3/h8-9H,4-7H2,1-3H3,(H,12,13)(H,14,15). The van der Waals surface area contributed by atoms with Gasteiger partial charge in [-0.3, -0.25) is 4.79 Å². The van der Waals surface area contributed by atoms with Crippen LogP contribution in [-0.4, -0.2) is 23.0 Å². The minimum Gasteiger partial charge on any atom is -0.480 e. The molecule has 0 saturated carbocycles. The zero-order valence-corrected chi connectivity index (χ0v) is 9.75. The van der Waals surface area contributed by atoms with E-state index in [-0.39, 0.29) is 11.8 Å². The zero-order valence-electron chi connectivity index (χ0n) is 9.75. The summed E-state index contributed by atoms with van der Waals surface area (Å²) in [6.45, 7) is 5.56. The molecule has 0 radical (unpaired) electrons. The average molecular weight is 215 g/mol. The van der Waals surface area contributed by atoms with E-state index in [1.807, 2.05) is 0 Å². The highest BCUT2D eigenvalue weighted by Crippen LogP contribution is 2.05. The Morgan fingerprint density at radius 2 is 1.87 bits per heavy atom. The fourth-order valence-corrected chi connectivity index (χ4v) is 1.19. The number of unbranched alkanes of at least 4 members (excludes halogenated alkanes) is 2. The van der Waals surface area contributed by atoms with Gasteiger partial charge in [0.05, 0.1) is 0 Å². The van der Waals surface area contributed by atoms with Gasteiger partial charge < -0.3 is 10.4 Å². The van der Waals surface area contributed by atoms with Crippen molar-refractivity contribution in [3.63, 3.8) is 0 Å². The van der Waals surface area contributed by atoms with Crippen molar-refractivity contribution in [3.8, 4) is 0 Å². The van der Waals surface area contributed by atoms with Gasteiger partial charge in [-0.1, -0.05) is 40.0 Å². The maximum Gasteiger partial charge on any atom is 0.326 e. The first-order valence-corrected chi connectivity index (χ1v) is 5.52. The molecule has 0 aromatic carbocycles. The third kappa shape index (κ3) is 6.10. The maximum absolute atomic E-state index is 11.3. The minimum atomic E-state index is -0.944. The summed E-state index contributed by atoms with van der Waals surface area (Å²) in [4.78, 5) is 22.2. The van der Waals surface area contributed by atoms with E-state index in [2.05, 4.69) is 12.2 Å². The number of rotatable bonds is 7. The number of carboxylic acid groups (broad SMARTS) is 1. The van der Waals surface area contributed by atoms with Gasteiger partial charge >= 0.3 is 5.97 Å². The van der Waals surface area contributed by atoms with Gasteiger partial charge in [0.25, 0.3) is 0 Å². The molecule has 0 heterocycles. The lowest BCUT2D eigenvalue weighted by Gasteiger charge is -2.15. The molecule has 1 unspecified atom stereocenters. The van der Waals surface area contributed by atoms with Gasteiger partial charge in [-0.05, 0) is 6.42 Å². The Hall–Kier alpha value is -1.06. The van der Waals surface area contributed by atoms with Gasteiger partial charge in [0.15, 0.2) is 0 Å². The third-order valence-electron chi connectivity index (χ3n) is 2.24. The highest BCUT2D eigenvalue weighted by atomic mass is 16.4. The Balaban J connectivity index is 4.05. The second kappa shape index (κ2) is 7.26. The van der Waals surface area contributed by atoms with Crippen LogP contribution in [0.1, 0.15) is 46.5 Å². The van der Waals surface area contributed by atoms with Crippen molar-refractivity contribution < 1.29 is 14.7 Å². The van der Waals surface area contributed by atoms with E-state index in [0.717, 1.165) is 19.3 Å². The van der Waals surface area contributed by atoms with Gasteiger partial charge in [-0.2, -0.15) is 0 Å². The predicted octanol–water partition coefficient (Wildman–Crippen LogP) is 1.79. The number of carbonyl (C=O) groups is 2. The first-order chi connectivity index (χ1) is 6.99. The summed E-state index contributed by atoms with van der Waals surface area (Å²) in [6, 6.07) is -0.730. The van der Waals surface area contributed by atoms with Crippen LogP contribution in [0.2, 0.25) is 0 Å². The molecule has 15 heavy (non-hydrogen) atoms. The summed E-state index contributed by atoms with van der Waals surface area (Å²) in [7, 11) is 0. The number of nitrogens with one attached hydrogen (secondary N) is 1. The third-order valence-corrected chi connectivity index (χ3v) is 2.24. The first kappa shape index (κ1) is 13.9. The molecular weight excluding hydrogens is 194 g/mol. The van der Waals surface area contributed by atoms with Crippen molar-refractivity contribution in [3.05, 3.63) is 0 Å². The Kier molecular flexibility index (Phi) is 6.75. The number of carboxylic acids is 1. The maximum atomic E-state index is 11.3. The molecule has 1 atom stereocenters. The topological polar surface area (TPSA) is 66.4 Å². The monoisotopic (exact) mass is 215 g/mol. The van der Waals surface area contributed by atoms with Crippen LogP contribution in [0.4, 0.5) is 0 Å². The molecule has 0 aromatic heterocycles. The van der Waals surface area contributed by atoms with E-state index in [0.29, 0.717) is 6.42 Å². The summed E-state index contributed by atoms with van der Waals surface area (Å²) >= 11 is 0. The molecule has 0 saturated heterocycles. The summed E-state index contributed by atoms with van der Waals surface area (Å²) in [5.41, 5.74) is 0. The molecule has 88 valence electrons. The average Bonchev–Trinajstić information content (AvgIpc) is 2.15. The number of aliphatic carboxylic acids is 1. The van der Waals surface area contributed by atoms with E-state index in [4.69, 9.17) is 5.11 Å². The van der Waals surface area contributed by atoms with Crippen molar-refractivity contribution in [1.29, 1.82) is 0 Å². The number of hydrogen-bond acceptors (Lipinski definition) is 2. The molecule has 0 spiro atoms. The molecule has 0 aromatic rings. The van der Waals surface area contributed by atoms with Crippen LogP contribution in [-0.2, 0) is 9.59 Å². The largest absolute Gasteiger partial charge is 0.480 e. The molecule has 4 heteroatoms. The Bertz CT molecular complexity index is 214. The number of hydrogen-bond donors (Lipinski definition) is 2. The van der Waals surface area contributed by atoms with Crippen molar-refractivity contribution in [2.24, 2.45) is 5.92 Å². The molecule has 0 rings (SSSR count). The van der Waals surface area contributed by atoms with Crippen LogP contribution >= 0.6 is 0 Å².